The maximum absolute atomic E-state index is 14.6. The molecule has 0 aliphatic rings. The molecule has 0 aliphatic carbocycles. The van der Waals surface area contributed by atoms with Gasteiger partial charge in [-0.3, -0.25) is 0 Å². The fraction of sp³-hybridized carbons (Fsp3) is 0.423. The van der Waals surface area contributed by atoms with Gasteiger partial charge in [0, 0.05) is 17.0 Å². The smallest absolute Gasteiger partial charge is 0.333 e. The summed E-state index contributed by atoms with van der Waals surface area (Å²) in [6.07, 6.45) is 1.32. The molecule has 0 saturated heterocycles. The highest BCUT2D eigenvalue weighted by molar-refractivity contribution is 7.89. The molecule has 40 heavy (non-hydrogen) atoms. The monoisotopic (exact) mass is 582 g/mol. The lowest BCUT2D eigenvalue weighted by Gasteiger charge is -2.12. The fourth-order valence-electron chi connectivity index (χ4n) is 3.05. The number of ether oxygens (including phenoxy) is 5. The molecule has 14 heteroatoms. The number of rotatable bonds is 19. The predicted molar refractivity (Wildman–Crippen MR) is 144 cm³/mol. The summed E-state index contributed by atoms with van der Waals surface area (Å²) in [5.74, 6) is -2.92. The van der Waals surface area contributed by atoms with Crippen LogP contribution in [0.2, 0.25) is 0 Å². The Morgan fingerprint density at radius 3 is 2.25 bits per heavy atom. The molecule has 11 nitrogen and oxygen atoms in total. The van der Waals surface area contributed by atoms with Crippen LogP contribution in [0.5, 0.6) is 11.5 Å². The molecule has 2 aromatic carbocycles. The molecule has 0 fully saturated rings. The molecule has 1 N–H and O–H groups in total. The van der Waals surface area contributed by atoms with Gasteiger partial charge in [0.05, 0.1) is 64.2 Å². The van der Waals surface area contributed by atoms with Gasteiger partial charge in [0.1, 0.15) is 5.75 Å². The summed E-state index contributed by atoms with van der Waals surface area (Å²) in [5, 5.41) is 3.35. The Kier molecular flexibility index (Phi) is 15.6. The molecule has 0 amide bonds. The summed E-state index contributed by atoms with van der Waals surface area (Å²) in [7, 11) is 0. The van der Waals surface area contributed by atoms with Crippen molar-refractivity contribution in [1.82, 2.24) is 4.72 Å². The van der Waals surface area contributed by atoms with Crippen LogP contribution < -0.4 is 9.46 Å². The van der Waals surface area contributed by atoms with Gasteiger partial charge >= 0.3 is 5.97 Å². The minimum absolute atomic E-state index is 0.145. The van der Waals surface area contributed by atoms with Crippen LogP contribution in [0.15, 0.2) is 52.0 Å². The lowest BCUT2D eigenvalue weighted by atomic mass is 10.1. The molecule has 1 unspecified atom stereocenters. The van der Waals surface area contributed by atoms with E-state index in [9.17, 15) is 18.1 Å². The molecule has 218 valence electrons. The van der Waals surface area contributed by atoms with Crippen LogP contribution in [-0.2, 0) is 35.1 Å². The second kappa shape index (κ2) is 19.0. The Hall–Kier alpha value is -3.23. The van der Waals surface area contributed by atoms with E-state index in [1.54, 1.807) is 6.92 Å². The SMILES string of the molecule is CCOC(=O)/C(C)=C/c1cc(F)c(Oc2ccc([S+]([O-])NCCOCCOCCOCCN=[N+]=[N-])cc2)c(F)c1. The maximum Gasteiger partial charge on any atom is 0.333 e. The number of azide groups is 1. The summed E-state index contributed by atoms with van der Waals surface area (Å²) in [4.78, 5) is 14.8. The molecule has 0 spiro atoms. The minimum atomic E-state index is -1.53. The Morgan fingerprint density at radius 1 is 1.05 bits per heavy atom. The third kappa shape index (κ3) is 12.3. The normalized spacial score (nSPS) is 12.1. The quantitative estimate of drug-likeness (QED) is 0.0477. The zero-order valence-electron chi connectivity index (χ0n) is 22.3. The van der Waals surface area contributed by atoms with E-state index >= 15 is 0 Å². The number of halogens is 2. The second-order valence-electron chi connectivity index (χ2n) is 7.89. The van der Waals surface area contributed by atoms with Gasteiger partial charge < -0.3 is 28.2 Å². The van der Waals surface area contributed by atoms with Crippen molar-refractivity contribution in [3.63, 3.8) is 0 Å². The molecule has 2 aromatic rings. The van der Waals surface area contributed by atoms with Gasteiger partial charge in [-0.05, 0) is 67.4 Å². The van der Waals surface area contributed by atoms with Crippen LogP contribution in [-0.4, -0.2) is 69.9 Å². The van der Waals surface area contributed by atoms with Crippen molar-refractivity contribution in [3.05, 3.63) is 69.6 Å². The molecule has 0 saturated carbocycles. The van der Waals surface area contributed by atoms with E-state index in [1.165, 1.54) is 37.3 Å². The summed E-state index contributed by atoms with van der Waals surface area (Å²) in [6.45, 7) is 6.08. The summed E-state index contributed by atoms with van der Waals surface area (Å²) < 4.78 is 70.5. The van der Waals surface area contributed by atoms with Gasteiger partial charge in [-0.2, -0.15) is 0 Å². The molecule has 0 bridgehead atoms. The lowest BCUT2D eigenvalue weighted by Crippen LogP contribution is -2.27. The van der Waals surface area contributed by atoms with Crippen molar-refractivity contribution < 1.29 is 41.8 Å². The van der Waals surface area contributed by atoms with Gasteiger partial charge in [-0.15, -0.1) is 4.72 Å². The van der Waals surface area contributed by atoms with E-state index in [0.29, 0.717) is 51.1 Å². The molecular weight excluding hydrogens is 550 g/mol. The van der Waals surface area contributed by atoms with Crippen molar-refractivity contribution >= 4 is 23.4 Å². The first kappa shape index (κ1) is 33.0. The molecule has 1 atom stereocenters. The third-order valence-corrected chi connectivity index (χ3v) is 6.05. The summed E-state index contributed by atoms with van der Waals surface area (Å²) in [6, 6.07) is 8.01. The van der Waals surface area contributed by atoms with Gasteiger partial charge in [0.25, 0.3) is 0 Å². The number of hydrogen-bond donors (Lipinski definition) is 1. The minimum Gasteiger partial charge on any atom is -0.593 e. The number of carbonyl (C=O) groups is 1. The average molecular weight is 583 g/mol. The molecule has 0 aromatic heterocycles. The fourth-order valence-corrected chi connectivity index (χ4v) is 3.86. The molecule has 0 radical (unpaired) electrons. The number of carbonyl (C=O) groups excluding carboxylic acids is 1. The van der Waals surface area contributed by atoms with Crippen LogP contribution in [0.4, 0.5) is 8.78 Å². The summed E-state index contributed by atoms with van der Waals surface area (Å²) >= 11 is -1.53. The van der Waals surface area contributed by atoms with E-state index < -0.39 is 34.7 Å². The highest BCUT2D eigenvalue weighted by Crippen LogP contribution is 2.30. The Labute approximate surface area is 234 Å². The van der Waals surface area contributed by atoms with Crippen molar-refractivity contribution in [2.45, 2.75) is 18.7 Å². The van der Waals surface area contributed by atoms with Gasteiger partial charge in [0.15, 0.2) is 22.3 Å². The molecular formula is C26H32F2N4O7S. The van der Waals surface area contributed by atoms with Crippen LogP contribution in [0.25, 0.3) is 16.5 Å². The van der Waals surface area contributed by atoms with Crippen LogP contribution in [0.3, 0.4) is 0 Å². The second-order valence-corrected chi connectivity index (χ2v) is 9.19. The van der Waals surface area contributed by atoms with Gasteiger partial charge in [-0.1, -0.05) is 5.11 Å². The Balaban J connectivity index is 1.72. The highest BCUT2D eigenvalue weighted by atomic mass is 32.2. The van der Waals surface area contributed by atoms with Crippen molar-refractivity contribution in [3.8, 4) is 11.5 Å². The Morgan fingerprint density at radius 2 is 1.65 bits per heavy atom. The average Bonchev–Trinajstić information content (AvgIpc) is 2.93. The first-order valence-electron chi connectivity index (χ1n) is 12.4. The predicted octanol–water partition coefficient (Wildman–Crippen LogP) is 4.70. The number of nitrogens with zero attached hydrogens (tertiary/aromatic N) is 3. The molecule has 0 aliphatic heterocycles. The number of esters is 1. The van der Waals surface area contributed by atoms with E-state index in [4.69, 9.17) is 29.2 Å². The van der Waals surface area contributed by atoms with Crippen LogP contribution >= 0.6 is 0 Å². The van der Waals surface area contributed by atoms with Gasteiger partial charge in [-0.25, -0.2) is 13.6 Å². The van der Waals surface area contributed by atoms with E-state index in [-0.39, 0.29) is 30.0 Å². The van der Waals surface area contributed by atoms with Crippen LogP contribution in [0.1, 0.15) is 19.4 Å². The lowest BCUT2D eigenvalue weighted by molar-refractivity contribution is -0.138. The summed E-state index contributed by atoms with van der Waals surface area (Å²) in [5.41, 5.74) is 8.48. The molecule has 0 heterocycles. The zero-order chi connectivity index (χ0) is 29.2. The van der Waals surface area contributed by atoms with E-state index in [0.717, 1.165) is 12.1 Å². The topological polar surface area (TPSA) is 147 Å². The van der Waals surface area contributed by atoms with Crippen molar-refractivity contribution in [2.24, 2.45) is 5.11 Å². The Bertz CT molecular complexity index is 1130. The molecule has 2 rings (SSSR count). The van der Waals surface area contributed by atoms with Crippen molar-refractivity contribution in [2.75, 3.05) is 59.3 Å². The van der Waals surface area contributed by atoms with E-state index in [1.807, 2.05) is 0 Å². The maximum atomic E-state index is 14.6. The zero-order valence-corrected chi connectivity index (χ0v) is 23.1. The van der Waals surface area contributed by atoms with E-state index in [2.05, 4.69) is 14.7 Å². The largest absolute Gasteiger partial charge is 0.593 e. The highest BCUT2D eigenvalue weighted by Gasteiger charge is 2.16. The number of hydrogen-bond acceptors (Lipinski definition) is 9. The third-order valence-electron chi connectivity index (χ3n) is 4.88. The number of benzene rings is 2. The van der Waals surface area contributed by atoms with Gasteiger partial charge in [0.2, 0.25) is 0 Å². The standard InChI is InChI=1S/C26H32F2N4O7S/c1-3-38-26(33)19(2)16-20-17-23(27)25(24(28)18-20)39-21-4-6-22(7-5-21)40(34)31-9-11-36-13-15-37-14-12-35-10-8-30-32-29/h4-7,16-18,31H,3,8-15H2,1-2H3/b19-16+. The first-order chi connectivity index (χ1) is 19.3. The first-order valence-corrected chi connectivity index (χ1v) is 13.5. The number of nitrogens with one attached hydrogen (secondary N) is 1. The van der Waals surface area contributed by atoms with Crippen LogP contribution in [0, 0.1) is 11.6 Å². The van der Waals surface area contributed by atoms with Crippen molar-refractivity contribution in [1.29, 1.82) is 0 Å².